The largest absolute Gasteiger partial charge is 0.370 e. The van der Waals surface area contributed by atoms with Crippen molar-refractivity contribution in [3.8, 4) is 0 Å². The van der Waals surface area contributed by atoms with E-state index in [1.54, 1.807) is 6.08 Å². The quantitative estimate of drug-likeness (QED) is 0.465. The lowest BCUT2D eigenvalue weighted by atomic mass is 10.2. The molecule has 0 aromatic heterocycles. The zero-order valence-corrected chi connectivity index (χ0v) is 4.84. The van der Waals surface area contributed by atoms with E-state index < -0.39 is 0 Å². The third-order valence-corrected chi connectivity index (χ3v) is 1.15. The molecule has 0 spiro atoms. The predicted octanol–water partition coefficient (Wildman–Crippen LogP) is 1.52. The Balaban J connectivity index is 2.42. The van der Waals surface area contributed by atoms with Gasteiger partial charge in [0.15, 0.2) is 0 Å². The third kappa shape index (κ3) is 1.20. The molecule has 1 aliphatic heterocycles. The minimum absolute atomic E-state index is 0.170. The van der Waals surface area contributed by atoms with Crippen LogP contribution in [0.1, 0.15) is 6.42 Å². The monoisotopic (exact) mass is 110 g/mol. The van der Waals surface area contributed by atoms with Crippen LogP contribution in [-0.2, 0) is 4.74 Å². The van der Waals surface area contributed by atoms with Crippen LogP contribution in [-0.4, -0.2) is 12.7 Å². The predicted molar refractivity (Wildman–Crippen MR) is 33.7 cm³/mol. The van der Waals surface area contributed by atoms with Gasteiger partial charge in [0.2, 0.25) is 0 Å². The van der Waals surface area contributed by atoms with Crippen LogP contribution in [0.2, 0.25) is 0 Å². The fourth-order valence-corrected chi connectivity index (χ4v) is 0.705. The van der Waals surface area contributed by atoms with Gasteiger partial charge in [0.25, 0.3) is 0 Å². The summed E-state index contributed by atoms with van der Waals surface area (Å²) in [6.45, 7) is 4.45. The van der Waals surface area contributed by atoms with Crippen molar-refractivity contribution >= 4 is 0 Å². The summed E-state index contributed by atoms with van der Waals surface area (Å²) in [7, 11) is 0. The molecule has 0 aliphatic carbocycles. The van der Waals surface area contributed by atoms with E-state index in [0.29, 0.717) is 0 Å². The van der Waals surface area contributed by atoms with E-state index in [9.17, 15) is 0 Å². The van der Waals surface area contributed by atoms with Gasteiger partial charge in [-0.3, -0.25) is 0 Å². The normalized spacial score (nSPS) is 27.8. The van der Waals surface area contributed by atoms with E-state index in [-0.39, 0.29) is 6.10 Å². The molecule has 0 bridgehead atoms. The maximum absolute atomic E-state index is 5.22. The van der Waals surface area contributed by atoms with E-state index >= 15 is 0 Å². The highest BCUT2D eigenvalue weighted by Gasteiger charge is 2.00. The van der Waals surface area contributed by atoms with Gasteiger partial charge in [-0.1, -0.05) is 18.2 Å². The lowest BCUT2D eigenvalue weighted by Gasteiger charge is -2.12. The molecule has 1 atom stereocenters. The van der Waals surface area contributed by atoms with E-state index in [2.05, 4.69) is 12.7 Å². The first-order chi connectivity index (χ1) is 3.93. The summed E-state index contributed by atoms with van der Waals surface area (Å²) < 4.78 is 5.22. The first-order valence-corrected chi connectivity index (χ1v) is 2.84. The first kappa shape index (κ1) is 5.57. The molecule has 0 aromatic rings. The van der Waals surface area contributed by atoms with Crippen LogP contribution in [0.15, 0.2) is 24.8 Å². The standard InChI is InChI=1S/C7H10O/c1-2-7-5-3-4-6-8-7/h2-3,5,7H,1,4,6H2. The molecule has 0 radical (unpaired) electrons. The van der Waals surface area contributed by atoms with Crippen LogP contribution in [0.3, 0.4) is 0 Å². The van der Waals surface area contributed by atoms with Crippen molar-refractivity contribution in [2.75, 3.05) is 6.61 Å². The summed E-state index contributed by atoms with van der Waals surface area (Å²) in [5.41, 5.74) is 0. The Bertz CT molecular complexity index is 105. The lowest BCUT2D eigenvalue weighted by molar-refractivity contribution is 0.111. The van der Waals surface area contributed by atoms with Crippen molar-refractivity contribution in [2.24, 2.45) is 0 Å². The molecule has 0 N–H and O–H groups in total. The molecule has 1 rings (SSSR count). The van der Waals surface area contributed by atoms with Gasteiger partial charge in [0, 0.05) is 0 Å². The summed E-state index contributed by atoms with van der Waals surface area (Å²) in [4.78, 5) is 0. The number of hydrogen-bond acceptors (Lipinski definition) is 1. The van der Waals surface area contributed by atoms with Crippen LogP contribution < -0.4 is 0 Å². The van der Waals surface area contributed by atoms with E-state index in [1.165, 1.54) is 0 Å². The molecule has 1 aliphatic rings. The van der Waals surface area contributed by atoms with Crippen molar-refractivity contribution < 1.29 is 4.74 Å². The van der Waals surface area contributed by atoms with Crippen LogP contribution in [0.5, 0.6) is 0 Å². The van der Waals surface area contributed by atoms with E-state index in [0.717, 1.165) is 13.0 Å². The minimum atomic E-state index is 0.170. The second-order valence-electron chi connectivity index (χ2n) is 1.79. The second-order valence-corrected chi connectivity index (χ2v) is 1.79. The first-order valence-electron chi connectivity index (χ1n) is 2.84. The molecule has 44 valence electrons. The van der Waals surface area contributed by atoms with Crippen LogP contribution in [0.4, 0.5) is 0 Å². The zero-order valence-electron chi connectivity index (χ0n) is 4.84. The van der Waals surface area contributed by atoms with Crippen molar-refractivity contribution in [2.45, 2.75) is 12.5 Å². The Morgan fingerprint density at radius 3 is 3.00 bits per heavy atom. The van der Waals surface area contributed by atoms with Gasteiger partial charge in [-0.25, -0.2) is 0 Å². The highest BCUT2D eigenvalue weighted by Crippen LogP contribution is 2.03. The van der Waals surface area contributed by atoms with Gasteiger partial charge in [0.1, 0.15) is 0 Å². The highest BCUT2D eigenvalue weighted by atomic mass is 16.5. The highest BCUT2D eigenvalue weighted by molar-refractivity contribution is 5.01. The summed E-state index contributed by atoms with van der Waals surface area (Å²) >= 11 is 0. The lowest BCUT2D eigenvalue weighted by Crippen LogP contribution is -2.10. The maximum atomic E-state index is 5.22. The zero-order chi connectivity index (χ0) is 5.82. The summed E-state index contributed by atoms with van der Waals surface area (Å²) in [5.74, 6) is 0. The van der Waals surface area contributed by atoms with E-state index in [4.69, 9.17) is 4.74 Å². The fourth-order valence-electron chi connectivity index (χ4n) is 0.705. The van der Waals surface area contributed by atoms with Crippen molar-refractivity contribution in [3.63, 3.8) is 0 Å². The second kappa shape index (κ2) is 2.68. The molecule has 0 saturated carbocycles. The third-order valence-electron chi connectivity index (χ3n) is 1.15. The molecular weight excluding hydrogens is 100 g/mol. The molecule has 0 amide bonds. The molecular formula is C7H10O. The average Bonchev–Trinajstić information content (AvgIpc) is 1.90. The molecule has 1 heteroatoms. The molecule has 0 fully saturated rings. The van der Waals surface area contributed by atoms with Gasteiger partial charge in [-0.15, -0.1) is 6.58 Å². The van der Waals surface area contributed by atoms with Crippen LogP contribution in [0.25, 0.3) is 0 Å². The number of hydrogen-bond donors (Lipinski definition) is 0. The Labute approximate surface area is 49.7 Å². The van der Waals surface area contributed by atoms with E-state index in [1.807, 2.05) is 6.08 Å². The summed E-state index contributed by atoms with van der Waals surface area (Å²) in [5, 5.41) is 0. The average molecular weight is 110 g/mol. The van der Waals surface area contributed by atoms with Crippen molar-refractivity contribution in [1.82, 2.24) is 0 Å². The van der Waals surface area contributed by atoms with Gasteiger partial charge >= 0.3 is 0 Å². The Morgan fingerprint density at radius 2 is 2.62 bits per heavy atom. The minimum Gasteiger partial charge on any atom is -0.370 e. The SMILES string of the molecule is C=CC1C=CCCO1. The van der Waals surface area contributed by atoms with Crippen LogP contribution >= 0.6 is 0 Å². The van der Waals surface area contributed by atoms with Gasteiger partial charge in [0.05, 0.1) is 12.7 Å². The maximum Gasteiger partial charge on any atom is 0.0935 e. The molecule has 0 saturated heterocycles. The smallest absolute Gasteiger partial charge is 0.0935 e. The molecule has 0 aromatic carbocycles. The summed E-state index contributed by atoms with van der Waals surface area (Å²) in [6.07, 6.45) is 7.16. The van der Waals surface area contributed by atoms with Crippen molar-refractivity contribution in [3.05, 3.63) is 24.8 Å². The molecule has 1 unspecified atom stereocenters. The van der Waals surface area contributed by atoms with Crippen LogP contribution in [0, 0.1) is 0 Å². The van der Waals surface area contributed by atoms with Gasteiger partial charge in [-0.05, 0) is 6.42 Å². The van der Waals surface area contributed by atoms with Crippen molar-refractivity contribution in [1.29, 1.82) is 0 Å². The topological polar surface area (TPSA) is 9.23 Å². The Morgan fingerprint density at radius 1 is 1.75 bits per heavy atom. The number of rotatable bonds is 1. The molecule has 8 heavy (non-hydrogen) atoms. The van der Waals surface area contributed by atoms with Gasteiger partial charge < -0.3 is 4.74 Å². The fraction of sp³-hybridized carbons (Fsp3) is 0.429. The van der Waals surface area contributed by atoms with Gasteiger partial charge in [-0.2, -0.15) is 0 Å². The Kier molecular flexibility index (Phi) is 1.86. The Hall–Kier alpha value is -0.560. The molecule has 1 heterocycles. The number of ether oxygens (including phenoxy) is 1. The molecule has 1 nitrogen and oxygen atoms in total. The summed E-state index contributed by atoms with van der Waals surface area (Å²) in [6, 6.07) is 0.